The van der Waals surface area contributed by atoms with Gasteiger partial charge in [0.1, 0.15) is 5.69 Å². The molecule has 36 heavy (non-hydrogen) atoms. The van der Waals surface area contributed by atoms with Gasteiger partial charge < -0.3 is 19.5 Å². The Morgan fingerprint density at radius 2 is 1.64 bits per heavy atom. The average molecular weight is 487 g/mol. The molecule has 0 radical (unpaired) electrons. The zero-order valence-corrected chi connectivity index (χ0v) is 20.6. The summed E-state index contributed by atoms with van der Waals surface area (Å²) in [4.78, 5) is 0. The van der Waals surface area contributed by atoms with Crippen LogP contribution in [0.1, 0.15) is 35.7 Å². The van der Waals surface area contributed by atoms with E-state index >= 15 is 0 Å². The molecule has 2 heterocycles. The molecule has 3 aromatic carbocycles. The first-order valence-corrected chi connectivity index (χ1v) is 12.8. The highest BCUT2D eigenvalue weighted by Crippen LogP contribution is 2.23. The third-order valence-corrected chi connectivity index (χ3v) is 6.51. The second-order valence-electron chi connectivity index (χ2n) is 9.23. The lowest BCUT2D eigenvalue weighted by atomic mass is 10.0. The third-order valence-electron chi connectivity index (χ3n) is 6.51. The number of aromatic nitrogens is 3. The zero-order valence-electron chi connectivity index (χ0n) is 20.6. The lowest BCUT2D eigenvalue weighted by Crippen LogP contribution is -2.43. The Morgan fingerprint density at radius 3 is 2.53 bits per heavy atom. The van der Waals surface area contributed by atoms with Gasteiger partial charge in [0, 0.05) is 19.8 Å². The van der Waals surface area contributed by atoms with Crippen molar-refractivity contribution in [1.29, 1.82) is 0 Å². The van der Waals surface area contributed by atoms with E-state index in [0.29, 0.717) is 33.0 Å². The van der Waals surface area contributed by atoms with E-state index in [0.717, 1.165) is 31.6 Å². The molecule has 1 N–H and O–H groups in total. The highest BCUT2D eigenvalue weighted by Gasteiger charge is 2.28. The van der Waals surface area contributed by atoms with Crippen LogP contribution in [0.25, 0.3) is 10.8 Å². The van der Waals surface area contributed by atoms with Crippen LogP contribution in [-0.4, -0.2) is 47.4 Å². The van der Waals surface area contributed by atoms with Gasteiger partial charge in [-0.3, -0.25) is 0 Å². The van der Waals surface area contributed by atoms with Crippen molar-refractivity contribution in [2.24, 2.45) is 0 Å². The van der Waals surface area contributed by atoms with Gasteiger partial charge in [-0.05, 0) is 47.4 Å². The Bertz CT molecular complexity index is 1210. The highest BCUT2D eigenvalue weighted by molar-refractivity contribution is 5.82. The van der Waals surface area contributed by atoms with Gasteiger partial charge in [0.2, 0.25) is 0 Å². The number of piperidine rings is 1. The van der Waals surface area contributed by atoms with Crippen LogP contribution in [0.3, 0.4) is 0 Å². The summed E-state index contributed by atoms with van der Waals surface area (Å²) in [5, 5.41) is 14.7. The minimum Gasteiger partial charge on any atom is -0.377 e. The maximum atomic E-state index is 6.37. The van der Waals surface area contributed by atoms with Crippen LogP contribution in [0.2, 0.25) is 0 Å². The van der Waals surface area contributed by atoms with Gasteiger partial charge in [0.05, 0.1) is 38.2 Å². The maximum absolute atomic E-state index is 6.37. The maximum Gasteiger partial charge on any atom is 0.108 e. The van der Waals surface area contributed by atoms with Gasteiger partial charge in [-0.1, -0.05) is 71.9 Å². The van der Waals surface area contributed by atoms with E-state index in [9.17, 15) is 0 Å². The van der Waals surface area contributed by atoms with Crippen molar-refractivity contribution < 1.29 is 14.2 Å². The molecular formula is C29H34N4O3. The lowest BCUT2D eigenvalue weighted by Gasteiger charge is -2.32. The molecule has 2 unspecified atom stereocenters. The van der Waals surface area contributed by atoms with Crippen LogP contribution in [-0.2, 0) is 34.0 Å². The zero-order chi connectivity index (χ0) is 24.4. The molecule has 1 aliphatic rings. The molecule has 7 heteroatoms. The van der Waals surface area contributed by atoms with Crippen molar-refractivity contribution in [2.45, 2.75) is 44.8 Å². The van der Waals surface area contributed by atoms with Crippen molar-refractivity contribution in [3.8, 4) is 0 Å². The molecule has 5 rings (SSSR count). The van der Waals surface area contributed by atoms with Crippen LogP contribution in [0.15, 0.2) is 79.0 Å². The monoisotopic (exact) mass is 486 g/mol. The molecule has 1 aromatic heterocycles. The smallest absolute Gasteiger partial charge is 0.108 e. The molecular weight excluding hydrogens is 452 g/mol. The average Bonchev–Trinajstić information content (AvgIpc) is 3.41. The number of hydrogen-bond acceptors (Lipinski definition) is 6. The molecule has 0 saturated carbocycles. The molecule has 1 aliphatic heterocycles. The Hall–Kier alpha value is -3.10. The molecule has 0 bridgehead atoms. The summed E-state index contributed by atoms with van der Waals surface area (Å²) in [6.45, 7) is 4.70. The van der Waals surface area contributed by atoms with E-state index in [2.05, 4.69) is 70.2 Å². The number of rotatable bonds is 12. The third kappa shape index (κ3) is 6.77. The first-order chi connectivity index (χ1) is 17.8. The van der Waals surface area contributed by atoms with Gasteiger partial charge in [0.15, 0.2) is 0 Å². The molecule has 1 saturated heterocycles. The van der Waals surface area contributed by atoms with Gasteiger partial charge in [-0.25, -0.2) is 4.68 Å². The Balaban J connectivity index is 1.06. The molecule has 1 fully saturated rings. The van der Waals surface area contributed by atoms with Crippen LogP contribution >= 0.6 is 0 Å². The van der Waals surface area contributed by atoms with Crippen molar-refractivity contribution in [1.82, 2.24) is 20.3 Å². The second kappa shape index (κ2) is 12.7. The summed E-state index contributed by atoms with van der Waals surface area (Å²) in [5.41, 5.74) is 3.21. The largest absolute Gasteiger partial charge is 0.377 e. The SMILES string of the molecule is c1ccc(COCCCOCc2cn(C3CCNCC3OCc3ccc4ccccc4c3)nn2)cc1. The van der Waals surface area contributed by atoms with Crippen LogP contribution in [0.4, 0.5) is 0 Å². The number of nitrogens with one attached hydrogen (secondary N) is 1. The minimum atomic E-state index is 0.0300. The van der Waals surface area contributed by atoms with Crippen molar-refractivity contribution >= 4 is 10.8 Å². The standard InChI is InChI=1S/C29H34N4O3/c1-2-7-23(8-3-1)20-34-15-6-16-35-22-27-19-33(32-31-27)28-13-14-30-18-29(28)36-21-24-11-12-25-9-4-5-10-26(25)17-24/h1-5,7-12,17,19,28-30H,6,13-16,18,20-22H2. The lowest BCUT2D eigenvalue weighted by molar-refractivity contribution is -0.0113. The Morgan fingerprint density at radius 1 is 0.833 bits per heavy atom. The number of nitrogens with zero attached hydrogens (tertiary/aromatic N) is 3. The van der Waals surface area contributed by atoms with Crippen molar-refractivity contribution in [3.63, 3.8) is 0 Å². The second-order valence-corrected chi connectivity index (χ2v) is 9.23. The molecule has 2 atom stereocenters. The fourth-order valence-corrected chi connectivity index (χ4v) is 4.57. The van der Waals surface area contributed by atoms with E-state index < -0.39 is 0 Å². The highest BCUT2D eigenvalue weighted by atomic mass is 16.5. The summed E-state index contributed by atoms with van der Waals surface area (Å²) in [5.74, 6) is 0. The molecule has 7 nitrogen and oxygen atoms in total. The topological polar surface area (TPSA) is 70.4 Å². The normalized spacial score (nSPS) is 18.0. The van der Waals surface area contributed by atoms with Crippen LogP contribution in [0.5, 0.6) is 0 Å². The summed E-state index contributed by atoms with van der Waals surface area (Å²) in [7, 11) is 0. The molecule has 0 aliphatic carbocycles. The van der Waals surface area contributed by atoms with Crippen LogP contribution in [0, 0.1) is 0 Å². The minimum absolute atomic E-state index is 0.0300. The van der Waals surface area contributed by atoms with Gasteiger partial charge >= 0.3 is 0 Å². The summed E-state index contributed by atoms with van der Waals surface area (Å²) in [6.07, 6.45) is 3.82. The molecule has 0 spiro atoms. The summed E-state index contributed by atoms with van der Waals surface area (Å²) >= 11 is 0. The van der Waals surface area contributed by atoms with Crippen molar-refractivity contribution in [2.75, 3.05) is 26.3 Å². The molecule has 0 amide bonds. The fourth-order valence-electron chi connectivity index (χ4n) is 4.57. The predicted octanol–water partition coefficient (Wildman–Crippen LogP) is 4.67. The van der Waals surface area contributed by atoms with E-state index in [1.54, 1.807) is 0 Å². The summed E-state index contributed by atoms with van der Waals surface area (Å²) < 4.78 is 19.8. The van der Waals surface area contributed by atoms with E-state index in [-0.39, 0.29) is 12.1 Å². The molecule has 188 valence electrons. The van der Waals surface area contributed by atoms with Gasteiger partial charge in [0.25, 0.3) is 0 Å². The number of ether oxygens (including phenoxy) is 3. The van der Waals surface area contributed by atoms with Gasteiger partial charge in [-0.15, -0.1) is 5.10 Å². The Kier molecular flexibility index (Phi) is 8.70. The quantitative estimate of drug-likeness (QED) is 0.293. The van der Waals surface area contributed by atoms with Gasteiger partial charge in [-0.2, -0.15) is 0 Å². The van der Waals surface area contributed by atoms with E-state index in [1.807, 2.05) is 29.1 Å². The first-order valence-electron chi connectivity index (χ1n) is 12.8. The van der Waals surface area contributed by atoms with E-state index in [4.69, 9.17) is 14.2 Å². The number of hydrogen-bond donors (Lipinski definition) is 1. The predicted molar refractivity (Wildman–Crippen MR) is 139 cm³/mol. The Labute approximate surface area is 212 Å². The van der Waals surface area contributed by atoms with Crippen LogP contribution < -0.4 is 5.32 Å². The molecule has 4 aromatic rings. The van der Waals surface area contributed by atoms with E-state index in [1.165, 1.54) is 21.9 Å². The van der Waals surface area contributed by atoms with Crippen molar-refractivity contribution in [3.05, 3.63) is 95.8 Å². The first kappa shape index (κ1) is 24.6. The number of fused-ring (bicyclic) bond motifs is 1. The summed E-state index contributed by atoms with van der Waals surface area (Å²) in [6, 6.07) is 25.3. The number of benzene rings is 3. The fraction of sp³-hybridized carbons (Fsp3) is 0.379.